The first kappa shape index (κ1) is 23.1. The quantitative estimate of drug-likeness (QED) is 0.652. The molecule has 2 rings (SSSR count). The fourth-order valence-electron chi connectivity index (χ4n) is 3.01. The van der Waals surface area contributed by atoms with Crippen molar-refractivity contribution in [2.24, 2.45) is 0 Å². The maximum absolute atomic E-state index is 13.2. The van der Waals surface area contributed by atoms with Gasteiger partial charge in [-0.1, -0.05) is 31.5 Å². The van der Waals surface area contributed by atoms with Gasteiger partial charge in [-0.25, -0.2) is 0 Å². The zero-order chi connectivity index (χ0) is 22.3. The Morgan fingerprint density at radius 1 is 1.23 bits per heavy atom. The molecule has 0 aliphatic heterocycles. The number of alkyl halides is 3. The standard InChI is InChI=1S/C22H23F3N2O3/c1-4-7-20(21(28)27-14(2)17-8-5-6-9-19(17)29-3)30-16-11-10-15(13-26)18(12-16)22(23,24)25/h5-6,8-12,14,20H,4,7H2,1-3H3,(H,27,28). The number of para-hydroxylation sites is 1. The summed E-state index contributed by atoms with van der Waals surface area (Å²) in [5.74, 6) is 0.0354. The first-order valence-electron chi connectivity index (χ1n) is 9.42. The molecule has 0 saturated heterocycles. The number of ether oxygens (including phenoxy) is 2. The van der Waals surface area contributed by atoms with E-state index in [1.54, 1.807) is 13.0 Å². The lowest BCUT2D eigenvalue weighted by molar-refractivity contribution is -0.137. The van der Waals surface area contributed by atoms with E-state index >= 15 is 0 Å². The molecule has 0 saturated carbocycles. The molecule has 160 valence electrons. The van der Waals surface area contributed by atoms with Crippen molar-refractivity contribution in [2.45, 2.75) is 45.0 Å². The van der Waals surface area contributed by atoms with Gasteiger partial charge in [-0.15, -0.1) is 0 Å². The highest BCUT2D eigenvalue weighted by Gasteiger charge is 2.34. The zero-order valence-electron chi connectivity index (χ0n) is 16.9. The normalized spacial score (nSPS) is 13.1. The first-order valence-corrected chi connectivity index (χ1v) is 9.42. The summed E-state index contributed by atoms with van der Waals surface area (Å²) in [6, 6.07) is 11.4. The summed E-state index contributed by atoms with van der Waals surface area (Å²) in [6.45, 7) is 3.62. The molecule has 30 heavy (non-hydrogen) atoms. The van der Waals surface area contributed by atoms with Crippen molar-refractivity contribution in [3.05, 3.63) is 59.2 Å². The van der Waals surface area contributed by atoms with Gasteiger partial charge in [0.1, 0.15) is 11.5 Å². The van der Waals surface area contributed by atoms with Gasteiger partial charge in [0.25, 0.3) is 5.91 Å². The van der Waals surface area contributed by atoms with Crippen LogP contribution in [-0.4, -0.2) is 19.1 Å². The lowest BCUT2D eigenvalue weighted by Crippen LogP contribution is -2.39. The van der Waals surface area contributed by atoms with Crippen LogP contribution in [0.15, 0.2) is 42.5 Å². The van der Waals surface area contributed by atoms with Crippen LogP contribution < -0.4 is 14.8 Å². The molecular formula is C22H23F3N2O3. The van der Waals surface area contributed by atoms with E-state index in [0.717, 1.165) is 17.7 Å². The summed E-state index contributed by atoms with van der Waals surface area (Å²) < 4.78 is 50.5. The highest BCUT2D eigenvalue weighted by Crippen LogP contribution is 2.34. The number of nitrogens with zero attached hydrogens (tertiary/aromatic N) is 1. The van der Waals surface area contributed by atoms with Crippen LogP contribution in [0.2, 0.25) is 0 Å². The van der Waals surface area contributed by atoms with Crippen molar-refractivity contribution in [1.82, 2.24) is 5.32 Å². The number of methoxy groups -OCH3 is 1. The molecule has 8 heteroatoms. The van der Waals surface area contributed by atoms with Crippen LogP contribution in [0.25, 0.3) is 0 Å². The Balaban J connectivity index is 2.21. The molecule has 1 amide bonds. The molecular weight excluding hydrogens is 397 g/mol. The molecule has 0 spiro atoms. The topological polar surface area (TPSA) is 71.3 Å². The number of carbonyl (C=O) groups excluding carboxylic acids is 1. The second-order valence-corrected chi connectivity index (χ2v) is 6.68. The lowest BCUT2D eigenvalue weighted by Gasteiger charge is -2.23. The van der Waals surface area contributed by atoms with Crippen LogP contribution >= 0.6 is 0 Å². The average Bonchev–Trinajstić information content (AvgIpc) is 2.72. The molecule has 0 radical (unpaired) electrons. The minimum atomic E-state index is -4.70. The largest absolute Gasteiger partial charge is 0.496 e. The third-order valence-electron chi connectivity index (χ3n) is 4.50. The van der Waals surface area contributed by atoms with Crippen molar-refractivity contribution in [1.29, 1.82) is 5.26 Å². The number of benzene rings is 2. The van der Waals surface area contributed by atoms with Gasteiger partial charge in [0.15, 0.2) is 6.10 Å². The maximum atomic E-state index is 13.2. The molecule has 0 aliphatic carbocycles. The Bertz CT molecular complexity index is 923. The minimum Gasteiger partial charge on any atom is -0.496 e. The van der Waals surface area contributed by atoms with E-state index in [2.05, 4.69) is 5.32 Å². The summed E-state index contributed by atoms with van der Waals surface area (Å²) in [4.78, 5) is 12.8. The van der Waals surface area contributed by atoms with Gasteiger partial charge in [0, 0.05) is 5.56 Å². The van der Waals surface area contributed by atoms with Gasteiger partial charge in [-0.3, -0.25) is 4.79 Å². The van der Waals surface area contributed by atoms with E-state index in [1.807, 2.05) is 25.1 Å². The van der Waals surface area contributed by atoms with Crippen LogP contribution in [0.1, 0.15) is 49.4 Å². The Morgan fingerprint density at radius 3 is 2.53 bits per heavy atom. The highest BCUT2D eigenvalue weighted by molar-refractivity contribution is 5.81. The second kappa shape index (κ2) is 10.0. The van der Waals surface area contributed by atoms with E-state index in [9.17, 15) is 18.0 Å². The van der Waals surface area contributed by atoms with E-state index in [1.165, 1.54) is 19.2 Å². The van der Waals surface area contributed by atoms with Gasteiger partial charge in [0.05, 0.1) is 30.3 Å². The summed E-state index contributed by atoms with van der Waals surface area (Å²) in [5, 5.41) is 11.7. The van der Waals surface area contributed by atoms with Crippen molar-refractivity contribution >= 4 is 5.91 Å². The second-order valence-electron chi connectivity index (χ2n) is 6.68. The van der Waals surface area contributed by atoms with Crippen LogP contribution in [0, 0.1) is 11.3 Å². The molecule has 1 N–H and O–H groups in total. The van der Waals surface area contributed by atoms with Crippen molar-refractivity contribution in [3.63, 3.8) is 0 Å². The number of nitriles is 1. The van der Waals surface area contributed by atoms with Crippen molar-refractivity contribution in [3.8, 4) is 17.6 Å². The number of carbonyl (C=O) groups is 1. The van der Waals surface area contributed by atoms with E-state index in [0.29, 0.717) is 18.6 Å². The first-order chi connectivity index (χ1) is 14.2. The Kier molecular flexibility index (Phi) is 7.70. The number of nitrogens with one attached hydrogen (secondary N) is 1. The maximum Gasteiger partial charge on any atom is 0.417 e. The SMILES string of the molecule is CCCC(Oc1ccc(C#N)c(C(F)(F)F)c1)C(=O)NC(C)c1ccccc1OC. The van der Waals surface area contributed by atoms with Crippen molar-refractivity contribution < 1.29 is 27.4 Å². The zero-order valence-corrected chi connectivity index (χ0v) is 16.9. The fraction of sp³-hybridized carbons (Fsp3) is 0.364. The molecule has 0 heterocycles. The monoisotopic (exact) mass is 420 g/mol. The molecule has 0 bridgehead atoms. The molecule has 5 nitrogen and oxygen atoms in total. The fourth-order valence-corrected chi connectivity index (χ4v) is 3.01. The van der Waals surface area contributed by atoms with Gasteiger partial charge in [0.2, 0.25) is 0 Å². The molecule has 0 fully saturated rings. The molecule has 0 aromatic heterocycles. The van der Waals surface area contributed by atoms with Crippen LogP contribution in [-0.2, 0) is 11.0 Å². The summed E-state index contributed by atoms with van der Waals surface area (Å²) in [7, 11) is 1.53. The number of hydrogen-bond donors (Lipinski definition) is 1. The Labute approximate surface area is 173 Å². The summed E-state index contributed by atoms with van der Waals surface area (Å²) in [5.41, 5.74) is -0.835. The van der Waals surface area contributed by atoms with Crippen LogP contribution in [0.5, 0.6) is 11.5 Å². The predicted octanol–water partition coefficient (Wildman–Crippen LogP) is 5.01. The lowest BCUT2D eigenvalue weighted by atomic mass is 10.1. The molecule has 2 aromatic rings. The summed E-state index contributed by atoms with van der Waals surface area (Å²) in [6.07, 6.45) is -4.79. The highest BCUT2D eigenvalue weighted by atomic mass is 19.4. The van der Waals surface area contributed by atoms with Crippen LogP contribution in [0.3, 0.4) is 0 Å². The van der Waals surface area contributed by atoms with Crippen molar-refractivity contribution in [2.75, 3.05) is 7.11 Å². The molecule has 0 aliphatic rings. The third-order valence-corrected chi connectivity index (χ3v) is 4.50. The Hall–Kier alpha value is -3.21. The summed E-state index contributed by atoms with van der Waals surface area (Å²) >= 11 is 0. The van der Waals surface area contributed by atoms with Gasteiger partial charge >= 0.3 is 6.18 Å². The molecule has 2 aromatic carbocycles. The van der Waals surface area contributed by atoms with Gasteiger partial charge in [-0.2, -0.15) is 18.4 Å². The average molecular weight is 420 g/mol. The third kappa shape index (κ3) is 5.66. The van der Waals surface area contributed by atoms with E-state index in [4.69, 9.17) is 14.7 Å². The van der Waals surface area contributed by atoms with Crippen LogP contribution in [0.4, 0.5) is 13.2 Å². The number of halogens is 3. The number of rotatable bonds is 8. The predicted molar refractivity (Wildman–Crippen MR) is 105 cm³/mol. The minimum absolute atomic E-state index is 0.125. The smallest absolute Gasteiger partial charge is 0.417 e. The van der Waals surface area contributed by atoms with E-state index in [-0.39, 0.29) is 5.75 Å². The van der Waals surface area contributed by atoms with E-state index < -0.39 is 35.4 Å². The number of amides is 1. The van der Waals surface area contributed by atoms with Gasteiger partial charge < -0.3 is 14.8 Å². The van der Waals surface area contributed by atoms with Gasteiger partial charge in [-0.05, 0) is 37.6 Å². The number of hydrogen-bond acceptors (Lipinski definition) is 4. The Morgan fingerprint density at radius 2 is 1.93 bits per heavy atom. The molecule has 2 atom stereocenters. The molecule has 2 unspecified atom stereocenters.